The molecule has 0 bridgehead atoms. The molecule has 1 atom stereocenters. The number of likely N-dealkylation sites (tertiary alicyclic amines) is 2. The second kappa shape index (κ2) is 10.6. The van der Waals surface area contributed by atoms with Gasteiger partial charge in [0.25, 0.3) is 0 Å². The van der Waals surface area contributed by atoms with Crippen molar-refractivity contribution in [3.8, 4) is 11.1 Å². The fraction of sp³-hybridized carbons (Fsp3) is 0.548. The first kappa shape index (κ1) is 25.2. The molecule has 7 nitrogen and oxygen atoms in total. The van der Waals surface area contributed by atoms with Gasteiger partial charge in [-0.05, 0) is 68.2 Å². The maximum absolute atomic E-state index is 13.6. The number of rotatable bonds is 3. The molecule has 1 N–H and O–H groups in total. The van der Waals surface area contributed by atoms with Gasteiger partial charge < -0.3 is 24.7 Å². The Labute approximate surface area is 226 Å². The average molecular weight is 517 g/mol. The molecule has 7 heteroatoms. The van der Waals surface area contributed by atoms with Gasteiger partial charge in [0, 0.05) is 57.5 Å². The molecule has 3 amide bonds. The van der Waals surface area contributed by atoms with E-state index in [9.17, 15) is 14.7 Å². The summed E-state index contributed by atoms with van der Waals surface area (Å²) in [4.78, 5) is 35.6. The summed E-state index contributed by atoms with van der Waals surface area (Å²) in [7, 11) is 0. The second-order valence-corrected chi connectivity index (χ2v) is 11.7. The number of piperazine rings is 1. The van der Waals surface area contributed by atoms with Crippen LogP contribution in [0.2, 0.25) is 0 Å². The zero-order valence-corrected chi connectivity index (χ0v) is 22.3. The van der Waals surface area contributed by atoms with Gasteiger partial charge in [0.05, 0.1) is 11.5 Å². The van der Waals surface area contributed by atoms with E-state index in [0.29, 0.717) is 19.6 Å². The smallest absolute Gasteiger partial charge is 0.320 e. The fourth-order valence-corrected chi connectivity index (χ4v) is 7.09. The number of aliphatic hydroxyl groups is 1. The third kappa shape index (κ3) is 4.89. The Hall–Kier alpha value is -3.06. The van der Waals surface area contributed by atoms with E-state index >= 15 is 0 Å². The van der Waals surface area contributed by atoms with Crippen molar-refractivity contribution >= 4 is 17.6 Å². The highest BCUT2D eigenvalue weighted by atomic mass is 16.3. The van der Waals surface area contributed by atoms with E-state index in [1.54, 1.807) is 0 Å². The Morgan fingerprint density at radius 2 is 1.45 bits per heavy atom. The molecule has 1 spiro atoms. The average Bonchev–Trinajstić information content (AvgIpc) is 3.28. The molecule has 6 rings (SSSR count). The van der Waals surface area contributed by atoms with Crippen molar-refractivity contribution in [3.05, 3.63) is 54.6 Å². The predicted molar refractivity (Wildman–Crippen MR) is 149 cm³/mol. The number of anilines is 1. The van der Waals surface area contributed by atoms with E-state index < -0.39 is 5.41 Å². The SMILES string of the molecule is O=C(N1CCN(c2ccc(-c3ccccc3)cc2)CC1)N1CCC[C@@]2(CCN(C3CCC(O)CC3)C2=O)C1. The number of nitrogens with zero attached hydrogens (tertiary/aromatic N) is 4. The molecule has 2 aromatic carbocycles. The number of hydrogen-bond acceptors (Lipinski definition) is 4. The summed E-state index contributed by atoms with van der Waals surface area (Å²) in [5.41, 5.74) is 3.21. The number of carbonyl (C=O) groups excluding carboxylic acids is 2. The van der Waals surface area contributed by atoms with Crippen LogP contribution in [0.3, 0.4) is 0 Å². The number of aliphatic hydroxyl groups excluding tert-OH is 1. The maximum Gasteiger partial charge on any atom is 0.320 e. The van der Waals surface area contributed by atoms with Crippen molar-refractivity contribution in [1.82, 2.24) is 14.7 Å². The number of amides is 3. The Morgan fingerprint density at radius 1 is 0.763 bits per heavy atom. The monoisotopic (exact) mass is 516 g/mol. The van der Waals surface area contributed by atoms with Crippen LogP contribution in [0.25, 0.3) is 11.1 Å². The van der Waals surface area contributed by atoms with Crippen LogP contribution in [0.1, 0.15) is 44.9 Å². The zero-order chi connectivity index (χ0) is 26.1. The molecule has 0 unspecified atom stereocenters. The highest BCUT2D eigenvalue weighted by molar-refractivity contribution is 5.86. The maximum atomic E-state index is 13.6. The molecule has 0 aromatic heterocycles. The Bertz CT molecular complexity index is 1120. The molecule has 1 saturated carbocycles. The third-order valence-corrected chi connectivity index (χ3v) is 9.39. The number of carbonyl (C=O) groups is 2. The van der Waals surface area contributed by atoms with Gasteiger partial charge in [-0.15, -0.1) is 0 Å². The van der Waals surface area contributed by atoms with Gasteiger partial charge in [-0.3, -0.25) is 4.79 Å². The summed E-state index contributed by atoms with van der Waals surface area (Å²) < 4.78 is 0. The lowest BCUT2D eigenvalue weighted by Crippen LogP contribution is -2.57. The van der Waals surface area contributed by atoms with E-state index in [1.807, 2.05) is 15.9 Å². The van der Waals surface area contributed by atoms with E-state index in [2.05, 4.69) is 58.3 Å². The molecular weight excluding hydrogens is 476 g/mol. The number of piperidine rings is 1. The minimum atomic E-state index is -0.410. The Morgan fingerprint density at radius 3 is 2.16 bits per heavy atom. The Kier molecular flexibility index (Phi) is 7.04. The van der Waals surface area contributed by atoms with Gasteiger partial charge >= 0.3 is 6.03 Å². The molecule has 1 aliphatic carbocycles. The summed E-state index contributed by atoms with van der Waals surface area (Å²) in [6.45, 7) is 5.12. The van der Waals surface area contributed by atoms with Crippen molar-refractivity contribution in [2.24, 2.45) is 5.41 Å². The van der Waals surface area contributed by atoms with Crippen LogP contribution in [0.5, 0.6) is 0 Å². The summed E-state index contributed by atoms with van der Waals surface area (Å²) in [6, 6.07) is 19.5. The predicted octanol–water partition coefficient (Wildman–Crippen LogP) is 4.21. The van der Waals surface area contributed by atoms with Crippen molar-refractivity contribution in [2.75, 3.05) is 50.7 Å². The quantitative estimate of drug-likeness (QED) is 0.664. The van der Waals surface area contributed by atoms with Crippen molar-refractivity contribution in [2.45, 2.75) is 57.1 Å². The Balaban J connectivity index is 1.04. The van der Waals surface area contributed by atoms with Gasteiger partial charge in [0.1, 0.15) is 0 Å². The molecule has 2 aromatic rings. The molecule has 4 aliphatic rings. The lowest BCUT2D eigenvalue weighted by molar-refractivity contribution is -0.141. The van der Waals surface area contributed by atoms with Crippen molar-refractivity contribution < 1.29 is 14.7 Å². The molecule has 3 aliphatic heterocycles. The van der Waals surface area contributed by atoms with Crippen LogP contribution in [-0.2, 0) is 4.79 Å². The van der Waals surface area contributed by atoms with Crippen LogP contribution in [-0.4, -0.2) is 89.7 Å². The highest BCUT2D eigenvalue weighted by Gasteiger charge is 2.51. The minimum absolute atomic E-state index is 0.0928. The highest BCUT2D eigenvalue weighted by Crippen LogP contribution is 2.42. The lowest BCUT2D eigenvalue weighted by Gasteiger charge is -2.43. The van der Waals surface area contributed by atoms with Crippen LogP contribution >= 0.6 is 0 Å². The first-order chi connectivity index (χ1) is 18.5. The van der Waals surface area contributed by atoms with Gasteiger partial charge in [-0.2, -0.15) is 0 Å². The number of urea groups is 1. The number of benzene rings is 2. The molecule has 3 saturated heterocycles. The molecule has 38 heavy (non-hydrogen) atoms. The summed E-state index contributed by atoms with van der Waals surface area (Å²) >= 11 is 0. The molecule has 0 radical (unpaired) electrons. The summed E-state index contributed by atoms with van der Waals surface area (Å²) in [5, 5.41) is 9.88. The first-order valence-electron chi connectivity index (χ1n) is 14.5. The zero-order valence-electron chi connectivity index (χ0n) is 22.3. The number of hydrogen-bond donors (Lipinski definition) is 1. The molecule has 202 valence electrons. The standard InChI is InChI=1S/C31H40N4O3/c36-28-13-11-27(12-14-28)35-18-16-31(29(35)37)15-4-17-34(23-31)30(38)33-21-19-32(20-22-33)26-9-7-25(8-10-26)24-5-2-1-3-6-24/h1-3,5-10,27-28,36H,4,11-23H2/t27?,28?,31-/m1/s1. The normalized spacial score (nSPS) is 28.3. The van der Waals surface area contributed by atoms with Gasteiger partial charge in [0.15, 0.2) is 0 Å². The van der Waals surface area contributed by atoms with Gasteiger partial charge in [-0.25, -0.2) is 4.79 Å². The van der Waals surface area contributed by atoms with Crippen LogP contribution < -0.4 is 4.90 Å². The largest absolute Gasteiger partial charge is 0.393 e. The second-order valence-electron chi connectivity index (χ2n) is 11.7. The molecule has 3 heterocycles. The third-order valence-electron chi connectivity index (χ3n) is 9.39. The molecular formula is C31H40N4O3. The van der Waals surface area contributed by atoms with Crippen molar-refractivity contribution in [1.29, 1.82) is 0 Å². The van der Waals surface area contributed by atoms with Crippen molar-refractivity contribution in [3.63, 3.8) is 0 Å². The lowest BCUT2D eigenvalue weighted by atomic mass is 9.78. The first-order valence-corrected chi connectivity index (χ1v) is 14.5. The van der Waals surface area contributed by atoms with E-state index in [-0.39, 0.29) is 24.1 Å². The van der Waals surface area contributed by atoms with Gasteiger partial charge in [-0.1, -0.05) is 42.5 Å². The summed E-state index contributed by atoms with van der Waals surface area (Å²) in [6.07, 6.45) is 5.77. The van der Waals surface area contributed by atoms with Crippen LogP contribution in [0, 0.1) is 5.41 Å². The van der Waals surface area contributed by atoms with Crippen LogP contribution in [0.4, 0.5) is 10.5 Å². The molecule has 4 fully saturated rings. The minimum Gasteiger partial charge on any atom is -0.393 e. The van der Waals surface area contributed by atoms with Gasteiger partial charge in [0.2, 0.25) is 5.91 Å². The summed E-state index contributed by atoms with van der Waals surface area (Å²) in [5.74, 6) is 0.250. The van der Waals surface area contributed by atoms with E-state index in [4.69, 9.17) is 0 Å². The topological polar surface area (TPSA) is 67.3 Å². The van der Waals surface area contributed by atoms with E-state index in [1.165, 1.54) is 16.8 Å². The van der Waals surface area contributed by atoms with Crippen LogP contribution in [0.15, 0.2) is 54.6 Å². The fourth-order valence-electron chi connectivity index (χ4n) is 7.09. The van der Waals surface area contributed by atoms with E-state index in [0.717, 1.165) is 71.1 Å².